The average Bonchev–Trinajstić information content (AvgIpc) is 3.18. The molecule has 8 nitrogen and oxygen atoms in total. The van der Waals surface area contributed by atoms with E-state index in [1.165, 1.54) is 0 Å². The summed E-state index contributed by atoms with van der Waals surface area (Å²) in [5.74, 6) is 1.38. The third-order valence-electron chi connectivity index (χ3n) is 3.96. The number of hydrogen-bond acceptors (Lipinski definition) is 6. The van der Waals surface area contributed by atoms with Crippen LogP contribution in [-0.4, -0.2) is 33.0 Å². The molecule has 0 saturated heterocycles. The minimum atomic E-state index is -0.313. The van der Waals surface area contributed by atoms with Gasteiger partial charge in [0.25, 0.3) is 5.91 Å². The van der Waals surface area contributed by atoms with Crippen molar-refractivity contribution in [1.29, 1.82) is 0 Å². The molecule has 0 saturated carbocycles. The molecule has 0 unspecified atom stereocenters. The first kappa shape index (κ1) is 19.3. The third-order valence-corrected chi connectivity index (χ3v) is 3.96. The van der Waals surface area contributed by atoms with Crippen molar-refractivity contribution < 1.29 is 14.3 Å². The first-order valence-corrected chi connectivity index (χ1v) is 8.83. The Morgan fingerprint density at radius 3 is 2.68 bits per heavy atom. The van der Waals surface area contributed by atoms with E-state index in [0.717, 1.165) is 5.56 Å². The van der Waals surface area contributed by atoms with Crippen LogP contribution in [0, 0.1) is 0 Å². The number of ether oxygens (including phenoxy) is 2. The van der Waals surface area contributed by atoms with Gasteiger partial charge in [-0.2, -0.15) is 0 Å². The van der Waals surface area contributed by atoms with Crippen molar-refractivity contribution >= 4 is 5.91 Å². The number of pyridine rings is 1. The number of aromatic nitrogens is 4. The van der Waals surface area contributed by atoms with E-state index in [9.17, 15) is 4.79 Å². The molecule has 1 amide bonds. The predicted octanol–water partition coefficient (Wildman–Crippen LogP) is 3.16. The molecule has 1 N–H and O–H groups in total. The van der Waals surface area contributed by atoms with Gasteiger partial charge in [-0.15, -0.1) is 5.10 Å². The van der Waals surface area contributed by atoms with E-state index in [0.29, 0.717) is 17.4 Å². The SMILES string of the molecule is COc1cccc(Oc2ncccc2CNC(=O)c2cn(C(C)(C)C)nn2)c1. The van der Waals surface area contributed by atoms with E-state index in [1.54, 1.807) is 36.3 Å². The standard InChI is InChI=1S/C20H23N5O3/c1-20(2,3)25-13-17(23-24-25)18(26)22-12-14-7-6-10-21-19(14)28-16-9-5-8-15(11-16)27-4/h5-11,13H,12H2,1-4H3,(H,22,26). The van der Waals surface area contributed by atoms with E-state index in [-0.39, 0.29) is 23.7 Å². The van der Waals surface area contributed by atoms with Crippen LogP contribution < -0.4 is 14.8 Å². The summed E-state index contributed by atoms with van der Waals surface area (Å²) in [6.07, 6.45) is 3.27. The van der Waals surface area contributed by atoms with Gasteiger partial charge in [0, 0.05) is 24.4 Å². The van der Waals surface area contributed by atoms with Crippen molar-refractivity contribution in [1.82, 2.24) is 25.3 Å². The molecule has 0 spiro atoms. The lowest BCUT2D eigenvalue weighted by Crippen LogP contribution is -2.24. The summed E-state index contributed by atoms with van der Waals surface area (Å²) in [7, 11) is 1.59. The van der Waals surface area contributed by atoms with Crippen molar-refractivity contribution in [3.63, 3.8) is 0 Å². The number of carbonyl (C=O) groups is 1. The third kappa shape index (κ3) is 4.64. The van der Waals surface area contributed by atoms with E-state index in [1.807, 2.05) is 45.0 Å². The molecule has 0 radical (unpaired) electrons. The molecular weight excluding hydrogens is 358 g/mol. The predicted molar refractivity (Wildman–Crippen MR) is 103 cm³/mol. The van der Waals surface area contributed by atoms with Gasteiger partial charge >= 0.3 is 0 Å². The molecule has 1 aromatic carbocycles. The molecule has 2 heterocycles. The lowest BCUT2D eigenvalue weighted by atomic mass is 10.1. The molecule has 0 aliphatic carbocycles. The number of nitrogens with one attached hydrogen (secondary N) is 1. The van der Waals surface area contributed by atoms with Crippen LogP contribution in [0.1, 0.15) is 36.8 Å². The molecular formula is C20H23N5O3. The normalized spacial score (nSPS) is 11.1. The van der Waals surface area contributed by atoms with Gasteiger partial charge in [-0.1, -0.05) is 17.3 Å². The number of amides is 1. The lowest BCUT2D eigenvalue weighted by molar-refractivity contribution is 0.0945. The Kier molecular flexibility index (Phi) is 5.58. The molecule has 28 heavy (non-hydrogen) atoms. The number of benzene rings is 1. The summed E-state index contributed by atoms with van der Waals surface area (Å²) >= 11 is 0. The van der Waals surface area contributed by atoms with Crippen LogP contribution >= 0.6 is 0 Å². The summed E-state index contributed by atoms with van der Waals surface area (Å²) in [5, 5.41) is 10.8. The number of rotatable bonds is 6. The highest BCUT2D eigenvalue weighted by molar-refractivity contribution is 5.91. The van der Waals surface area contributed by atoms with Gasteiger partial charge in [-0.05, 0) is 39.0 Å². The van der Waals surface area contributed by atoms with Gasteiger partial charge < -0.3 is 14.8 Å². The lowest BCUT2D eigenvalue weighted by Gasteiger charge is -2.17. The maximum atomic E-state index is 12.4. The summed E-state index contributed by atoms with van der Waals surface area (Å²) in [5.41, 5.74) is 0.753. The van der Waals surface area contributed by atoms with Crippen molar-refractivity contribution in [3.05, 3.63) is 60.0 Å². The molecule has 146 valence electrons. The second kappa shape index (κ2) is 8.08. The fraction of sp³-hybridized carbons (Fsp3) is 0.300. The van der Waals surface area contributed by atoms with Gasteiger partial charge in [-0.25, -0.2) is 9.67 Å². The largest absolute Gasteiger partial charge is 0.497 e. The van der Waals surface area contributed by atoms with Crippen LogP contribution in [0.15, 0.2) is 48.8 Å². The Morgan fingerprint density at radius 2 is 1.96 bits per heavy atom. The summed E-state index contributed by atoms with van der Waals surface area (Å²) in [4.78, 5) is 16.7. The van der Waals surface area contributed by atoms with Crippen molar-refractivity contribution in [2.45, 2.75) is 32.9 Å². The molecule has 0 fully saturated rings. The number of nitrogens with zero attached hydrogens (tertiary/aromatic N) is 4. The molecule has 2 aromatic heterocycles. The monoisotopic (exact) mass is 381 g/mol. The van der Waals surface area contributed by atoms with Crippen LogP contribution in [0.4, 0.5) is 0 Å². The Morgan fingerprint density at radius 1 is 1.18 bits per heavy atom. The minimum Gasteiger partial charge on any atom is -0.497 e. The summed E-state index contributed by atoms with van der Waals surface area (Å²) in [6.45, 7) is 6.21. The highest BCUT2D eigenvalue weighted by Crippen LogP contribution is 2.26. The maximum Gasteiger partial charge on any atom is 0.273 e. The van der Waals surface area contributed by atoms with E-state index >= 15 is 0 Å². The molecule has 0 bridgehead atoms. The van der Waals surface area contributed by atoms with Crippen LogP contribution in [-0.2, 0) is 12.1 Å². The number of methoxy groups -OCH3 is 1. The first-order valence-electron chi connectivity index (χ1n) is 8.83. The minimum absolute atomic E-state index is 0.243. The Balaban J connectivity index is 1.69. The van der Waals surface area contributed by atoms with E-state index in [4.69, 9.17) is 9.47 Å². The van der Waals surface area contributed by atoms with Crippen molar-refractivity contribution in [3.8, 4) is 17.4 Å². The van der Waals surface area contributed by atoms with Crippen LogP contribution in [0.25, 0.3) is 0 Å². The van der Waals surface area contributed by atoms with Gasteiger partial charge in [0.1, 0.15) is 11.5 Å². The summed E-state index contributed by atoms with van der Waals surface area (Å²) < 4.78 is 12.7. The second-order valence-electron chi connectivity index (χ2n) is 7.15. The second-order valence-corrected chi connectivity index (χ2v) is 7.15. The zero-order valence-electron chi connectivity index (χ0n) is 16.3. The summed E-state index contributed by atoms with van der Waals surface area (Å²) in [6, 6.07) is 10.9. The smallest absolute Gasteiger partial charge is 0.273 e. The highest BCUT2D eigenvalue weighted by atomic mass is 16.5. The quantitative estimate of drug-likeness (QED) is 0.705. The van der Waals surface area contributed by atoms with Crippen molar-refractivity contribution in [2.75, 3.05) is 7.11 Å². The zero-order valence-corrected chi connectivity index (χ0v) is 16.3. The van der Waals surface area contributed by atoms with Crippen LogP contribution in [0.3, 0.4) is 0 Å². The zero-order chi connectivity index (χ0) is 20.1. The van der Waals surface area contributed by atoms with Crippen molar-refractivity contribution in [2.24, 2.45) is 0 Å². The average molecular weight is 381 g/mol. The number of carbonyl (C=O) groups excluding carboxylic acids is 1. The van der Waals surface area contributed by atoms with Gasteiger partial charge in [0.15, 0.2) is 5.69 Å². The van der Waals surface area contributed by atoms with E-state index in [2.05, 4.69) is 20.6 Å². The molecule has 0 aliphatic heterocycles. The fourth-order valence-electron chi connectivity index (χ4n) is 2.39. The van der Waals surface area contributed by atoms with Crippen LogP contribution in [0.5, 0.6) is 17.4 Å². The topological polar surface area (TPSA) is 91.2 Å². The molecule has 3 rings (SSSR count). The molecule has 8 heteroatoms. The fourth-order valence-corrected chi connectivity index (χ4v) is 2.39. The van der Waals surface area contributed by atoms with E-state index < -0.39 is 0 Å². The Bertz CT molecular complexity index is 962. The molecule has 0 atom stereocenters. The maximum absolute atomic E-state index is 12.4. The Labute approximate surface area is 163 Å². The van der Waals surface area contributed by atoms with Gasteiger partial charge in [0.05, 0.1) is 18.8 Å². The highest BCUT2D eigenvalue weighted by Gasteiger charge is 2.18. The number of hydrogen-bond donors (Lipinski definition) is 1. The first-order chi connectivity index (χ1) is 13.4. The molecule has 3 aromatic rings. The van der Waals surface area contributed by atoms with Gasteiger partial charge in [-0.3, -0.25) is 4.79 Å². The van der Waals surface area contributed by atoms with Gasteiger partial charge in [0.2, 0.25) is 5.88 Å². The Hall–Kier alpha value is -3.42. The molecule has 0 aliphatic rings. The van der Waals surface area contributed by atoms with Crippen LogP contribution in [0.2, 0.25) is 0 Å².